The fourth-order valence-corrected chi connectivity index (χ4v) is 4.21. The molecule has 3 heterocycles. The largest absolute Gasteiger partial charge is 0.424 e. The topological polar surface area (TPSA) is 121 Å². The quantitative estimate of drug-likeness (QED) is 0.293. The van der Waals surface area contributed by atoms with Crippen molar-refractivity contribution in [3.63, 3.8) is 0 Å². The summed E-state index contributed by atoms with van der Waals surface area (Å²) in [5.41, 5.74) is 12.4. The Labute approximate surface area is 217 Å². The van der Waals surface area contributed by atoms with Gasteiger partial charge in [-0.1, -0.05) is 24.8 Å². The van der Waals surface area contributed by atoms with E-state index in [1.165, 1.54) is 6.33 Å². The van der Waals surface area contributed by atoms with Crippen LogP contribution in [0.1, 0.15) is 12.5 Å². The molecule has 9 nitrogen and oxygen atoms in total. The highest BCUT2D eigenvalue weighted by molar-refractivity contribution is 6.08. The molecule has 0 unspecified atom stereocenters. The van der Waals surface area contributed by atoms with E-state index >= 15 is 0 Å². The number of halogens is 1. The first-order chi connectivity index (χ1) is 18.2. The number of aromatic nitrogens is 5. The van der Waals surface area contributed by atoms with Crippen molar-refractivity contribution in [1.82, 2.24) is 24.5 Å². The van der Waals surface area contributed by atoms with E-state index in [2.05, 4.69) is 31.8 Å². The zero-order chi connectivity index (χ0) is 27.0. The van der Waals surface area contributed by atoms with Gasteiger partial charge in [0.15, 0.2) is 5.82 Å². The van der Waals surface area contributed by atoms with Crippen molar-refractivity contribution in [1.29, 1.82) is 0 Å². The summed E-state index contributed by atoms with van der Waals surface area (Å²) in [7, 11) is 1.92. The van der Waals surface area contributed by atoms with E-state index in [1.54, 1.807) is 13.0 Å². The first-order valence-electron chi connectivity index (χ1n) is 11.7. The fourth-order valence-electron chi connectivity index (χ4n) is 4.21. The second kappa shape index (κ2) is 9.74. The average molecular weight is 510 g/mol. The van der Waals surface area contributed by atoms with Crippen LogP contribution in [0.2, 0.25) is 0 Å². The number of nitrogens with two attached hydrogens (primary N) is 1. The van der Waals surface area contributed by atoms with E-state index in [0.29, 0.717) is 28.5 Å². The average Bonchev–Trinajstić information content (AvgIpc) is 3.20. The lowest BCUT2D eigenvalue weighted by molar-refractivity contribution is -0.112. The van der Waals surface area contributed by atoms with Crippen LogP contribution in [0.25, 0.3) is 33.4 Å². The second-order valence-electron chi connectivity index (χ2n) is 8.82. The van der Waals surface area contributed by atoms with Crippen LogP contribution in [0.3, 0.4) is 0 Å². The number of aryl methyl sites for hydroxylation is 2. The van der Waals surface area contributed by atoms with E-state index in [1.807, 2.05) is 54.9 Å². The van der Waals surface area contributed by atoms with Crippen molar-refractivity contribution in [2.24, 2.45) is 7.05 Å². The zero-order valence-corrected chi connectivity index (χ0v) is 21.0. The van der Waals surface area contributed by atoms with Gasteiger partial charge in [-0.05, 0) is 54.8 Å². The van der Waals surface area contributed by atoms with Gasteiger partial charge in [-0.15, -0.1) is 0 Å². The molecule has 2 aromatic carbocycles. The van der Waals surface area contributed by atoms with Gasteiger partial charge in [0.05, 0.1) is 23.5 Å². The monoisotopic (exact) mass is 509 g/mol. The summed E-state index contributed by atoms with van der Waals surface area (Å²) in [6.45, 7) is 7.22. The first kappa shape index (κ1) is 24.6. The number of nitrogens with zero attached hydrogens (tertiary/aromatic N) is 5. The number of carbonyl (C=O) groups is 1. The van der Waals surface area contributed by atoms with Crippen molar-refractivity contribution in [2.45, 2.75) is 13.8 Å². The summed E-state index contributed by atoms with van der Waals surface area (Å²) >= 11 is 0. The minimum absolute atomic E-state index is 0.0459. The number of fused-ring (bicyclic) bond motifs is 1. The predicted octanol–water partition coefficient (Wildman–Crippen LogP) is 5.43. The van der Waals surface area contributed by atoms with E-state index in [-0.39, 0.29) is 11.9 Å². The van der Waals surface area contributed by atoms with Gasteiger partial charge in [-0.3, -0.25) is 4.79 Å². The van der Waals surface area contributed by atoms with Crippen LogP contribution < -0.4 is 15.8 Å². The number of amides is 1. The molecule has 0 saturated heterocycles. The molecule has 10 heteroatoms. The highest BCUT2D eigenvalue weighted by Gasteiger charge is 2.22. The maximum atomic E-state index is 13.2. The number of rotatable bonds is 6. The molecular formula is C28H24FN7O2. The summed E-state index contributed by atoms with van der Waals surface area (Å²) in [6, 6.07) is 13.2. The summed E-state index contributed by atoms with van der Waals surface area (Å²) < 4.78 is 20.9. The summed E-state index contributed by atoms with van der Waals surface area (Å²) in [5, 5.41) is 3.54. The summed E-state index contributed by atoms with van der Waals surface area (Å²) in [4.78, 5) is 28.5. The molecule has 5 rings (SSSR count). The molecule has 0 radical (unpaired) electrons. The van der Waals surface area contributed by atoms with E-state index in [0.717, 1.165) is 45.7 Å². The van der Waals surface area contributed by atoms with Crippen LogP contribution in [0.4, 0.5) is 15.9 Å². The van der Waals surface area contributed by atoms with Gasteiger partial charge in [-0.2, -0.15) is 0 Å². The molecular weight excluding hydrogens is 485 g/mol. The van der Waals surface area contributed by atoms with E-state index < -0.39 is 5.82 Å². The number of anilines is 2. The molecule has 0 fully saturated rings. The SMILES string of the molecule is C=C(C)C(=O)Nc1ccc(-c2c(-c3ccc(Oc4ncc(F)cn4)c(C)c3)c3c(N)ncnc3n2C)cc1. The first-order valence-corrected chi connectivity index (χ1v) is 11.7. The van der Waals surface area contributed by atoms with Gasteiger partial charge in [0.25, 0.3) is 5.91 Å². The van der Waals surface area contributed by atoms with Gasteiger partial charge < -0.3 is 20.4 Å². The number of carbonyl (C=O) groups excluding carboxylic acids is 1. The summed E-state index contributed by atoms with van der Waals surface area (Å²) in [5.74, 6) is 0.104. The Bertz CT molecular complexity index is 1690. The number of ether oxygens (including phenoxy) is 1. The minimum atomic E-state index is -0.543. The fraction of sp³-hybridized carbons (Fsp3) is 0.107. The second-order valence-corrected chi connectivity index (χ2v) is 8.82. The van der Waals surface area contributed by atoms with Gasteiger partial charge >= 0.3 is 6.01 Å². The van der Waals surface area contributed by atoms with Gasteiger partial charge in [0, 0.05) is 23.9 Å². The molecule has 3 aromatic heterocycles. The van der Waals surface area contributed by atoms with E-state index in [4.69, 9.17) is 10.5 Å². The predicted molar refractivity (Wildman–Crippen MR) is 144 cm³/mol. The Morgan fingerprint density at radius 1 is 1.05 bits per heavy atom. The molecule has 3 N–H and O–H groups in total. The summed E-state index contributed by atoms with van der Waals surface area (Å²) in [6.07, 6.45) is 3.53. The van der Waals surface area contributed by atoms with Crippen LogP contribution in [-0.4, -0.2) is 30.4 Å². The van der Waals surface area contributed by atoms with Crippen LogP contribution in [0.15, 0.2) is 73.3 Å². The third-order valence-corrected chi connectivity index (χ3v) is 6.06. The third-order valence-electron chi connectivity index (χ3n) is 6.06. The molecule has 0 aliphatic heterocycles. The van der Waals surface area contributed by atoms with Crippen molar-refractivity contribution >= 4 is 28.4 Å². The maximum Gasteiger partial charge on any atom is 0.322 e. The van der Waals surface area contributed by atoms with Crippen molar-refractivity contribution in [2.75, 3.05) is 11.1 Å². The standard InChI is InChI=1S/C28H24FN7O2/c1-15(2)27(37)35-20-8-5-17(6-9-20)24-22(23-25(30)33-14-34-26(23)36(24)4)18-7-10-21(16(3)11-18)38-28-31-12-19(29)13-32-28/h5-14H,1H2,2-4H3,(H,35,37)(H2,30,33,34). The lowest BCUT2D eigenvalue weighted by Crippen LogP contribution is -2.11. The highest BCUT2D eigenvalue weighted by Crippen LogP contribution is 2.42. The van der Waals surface area contributed by atoms with Crippen LogP contribution in [-0.2, 0) is 11.8 Å². The minimum Gasteiger partial charge on any atom is -0.424 e. The highest BCUT2D eigenvalue weighted by atomic mass is 19.1. The molecule has 190 valence electrons. The van der Waals surface area contributed by atoms with Crippen molar-refractivity contribution in [3.8, 4) is 34.1 Å². The number of benzene rings is 2. The molecule has 5 aromatic rings. The Morgan fingerprint density at radius 2 is 1.74 bits per heavy atom. The molecule has 0 saturated carbocycles. The Kier molecular flexibility index (Phi) is 6.29. The van der Waals surface area contributed by atoms with Crippen LogP contribution in [0, 0.1) is 12.7 Å². The lowest BCUT2D eigenvalue weighted by atomic mass is 9.97. The Hall–Kier alpha value is -5.12. The molecule has 0 aliphatic carbocycles. The normalized spacial score (nSPS) is 10.9. The molecule has 0 aliphatic rings. The Morgan fingerprint density at radius 3 is 2.39 bits per heavy atom. The molecule has 0 spiro atoms. The maximum absolute atomic E-state index is 13.2. The number of nitrogens with one attached hydrogen (secondary N) is 1. The smallest absolute Gasteiger partial charge is 0.322 e. The molecule has 38 heavy (non-hydrogen) atoms. The van der Waals surface area contributed by atoms with Crippen molar-refractivity contribution < 1.29 is 13.9 Å². The van der Waals surface area contributed by atoms with Crippen LogP contribution in [0.5, 0.6) is 11.8 Å². The van der Waals surface area contributed by atoms with Crippen LogP contribution >= 0.6 is 0 Å². The number of nitrogen functional groups attached to an aromatic ring is 1. The van der Waals surface area contributed by atoms with E-state index in [9.17, 15) is 9.18 Å². The van der Waals surface area contributed by atoms with Gasteiger partial charge in [0.1, 0.15) is 23.5 Å². The molecule has 0 atom stereocenters. The molecule has 1 amide bonds. The van der Waals surface area contributed by atoms with Gasteiger partial charge in [-0.25, -0.2) is 24.3 Å². The zero-order valence-electron chi connectivity index (χ0n) is 21.0. The molecule has 0 bridgehead atoms. The lowest BCUT2D eigenvalue weighted by Gasteiger charge is -2.12. The number of hydrogen-bond donors (Lipinski definition) is 2. The van der Waals surface area contributed by atoms with Gasteiger partial charge in [0.2, 0.25) is 0 Å². The van der Waals surface area contributed by atoms with Crippen molar-refractivity contribution in [3.05, 3.63) is 84.7 Å². The third kappa shape index (κ3) is 4.55. The number of hydrogen-bond acceptors (Lipinski definition) is 7. The Balaban J connectivity index is 1.60.